The molecule has 0 radical (unpaired) electrons. The van der Waals surface area contributed by atoms with Crippen molar-refractivity contribution in [1.29, 1.82) is 0 Å². The van der Waals surface area contributed by atoms with Gasteiger partial charge in [0.05, 0.1) is 16.5 Å². The van der Waals surface area contributed by atoms with Gasteiger partial charge in [0, 0.05) is 28.7 Å². The van der Waals surface area contributed by atoms with E-state index in [4.69, 9.17) is 16.3 Å². The Morgan fingerprint density at radius 3 is 2.75 bits per heavy atom. The summed E-state index contributed by atoms with van der Waals surface area (Å²) < 4.78 is 7.12. The second-order valence-corrected chi connectivity index (χ2v) is 9.66. The molecule has 2 aliphatic rings. The van der Waals surface area contributed by atoms with Gasteiger partial charge in [0.15, 0.2) is 0 Å². The molecule has 1 aromatic heterocycles. The number of rotatable bonds is 1. The van der Waals surface area contributed by atoms with Crippen LogP contribution in [0.15, 0.2) is 30.3 Å². The van der Waals surface area contributed by atoms with E-state index in [1.807, 2.05) is 6.07 Å². The summed E-state index contributed by atoms with van der Waals surface area (Å²) in [7, 11) is 0. The average Bonchev–Trinajstić information content (AvgIpc) is 2.99. The summed E-state index contributed by atoms with van der Waals surface area (Å²) in [5, 5.41) is 3.78. The third kappa shape index (κ3) is 2.87. The topological polar surface area (TPSA) is 21.3 Å². The van der Waals surface area contributed by atoms with Crippen molar-refractivity contribution in [3.05, 3.63) is 50.7 Å². The SMILES string of the molecule is CC(C)(C)c1ccc2c(c1)[C@H]1OCCC[C@H]1C(c1ccc(Cl)s1)N2. The zero-order valence-electron chi connectivity index (χ0n) is 14.4. The molecule has 0 aliphatic carbocycles. The lowest BCUT2D eigenvalue weighted by atomic mass is 9.77. The van der Waals surface area contributed by atoms with E-state index in [2.05, 4.69) is 50.4 Å². The van der Waals surface area contributed by atoms with Crippen molar-refractivity contribution < 1.29 is 4.74 Å². The predicted molar refractivity (Wildman–Crippen MR) is 102 cm³/mol. The second kappa shape index (κ2) is 6.05. The molecule has 1 N–H and O–H groups in total. The highest BCUT2D eigenvalue weighted by Crippen LogP contribution is 2.51. The highest BCUT2D eigenvalue weighted by molar-refractivity contribution is 7.16. The largest absolute Gasteiger partial charge is 0.377 e. The van der Waals surface area contributed by atoms with Crippen LogP contribution in [0, 0.1) is 5.92 Å². The Hall–Kier alpha value is -1.03. The lowest BCUT2D eigenvalue weighted by Gasteiger charge is -2.43. The maximum Gasteiger partial charge on any atom is 0.0932 e. The summed E-state index contributed by atoms with van der Waals surface area (Å²) in [5.74, 6) is 0.469. The molecule has 0 amide bonds. The molecule has 1 aromatic carbocycles. The second-order valence-electron chi connectivity index (χ2n) is 7.91. The summed E-state index contributed by atoms with van der Waals surface area (Å²) in [6, 6.07) is 11.3. The number of thiophene rings is 1. The van der Waals surface area contributed by atoms with E-state index in [9.17, 15) is 0 Å². The number of nitrogens with one attached hydrogen (secondary N) is 1. The van der Waals surface area contributed by atoms with E-state index < -0.39 is 0 Å². The first kappa shape index (κ1) is 16.4. The Morgan fingerprint density at radius 2 is 2.04 bits per heavy atom. The molecular weight excluding hydrogens is 338 g/mol. The molecule has 0 saturated carbocycles. The summed E-state index contributed by atoms with van der Waals surface area (Å²) in [5.41, 5.74) is 4.05. The number of fused-ring (bicyclic) bond motifs is 3. The molecular formula is C20H24ClNOS. The van der Waals surface area contributed by atoms with Crippen LogP contribution in [0.25, 0.3) is 0 Å². The van der Waals surface area contributed by atoms with Gasteiger partial charge in [0.1, 0.15) is 0 Å². The van der Waals surface area contributed by atoms with Crippen molar-refractivity contribution in [3.63, 3.8) is 0 Å². The Bertz CT molecular complexity index is 748. The molecule has 3 atom stereocenters. The summed E-state index contributed by atoms with van der Waals surface area (Å²) in [6.07, 6.45) is 2.51. The van der Waals surface area contributed by atoms with E-state index in [1.165, 1.54) is 28.1 Å². The van der Waals surface area contributed by atoms with E-state index in [0.29, 0.717) is 12.0 Å². The number of ether oxygens (including phenoxy) is 1. The molecule has 0 spiro atoms. The van der Waals surface area contributed by atoms with E-state index in [1.54, 1.807) is 11.3 Å². The maximum atomic E-state index is 6.27. The van der Waals surface area contributed by atoms with Gasteiger partial charge < -0.3 is 10.1 Å². The number of hydrogen-bond donors (Lipinski definition) is 1. The fourth-order valence-electron chi connectivity index (χ4n) is 3.91. The summed E-state index contributed by atoms with van der Waals surface area (Å²) in [4.78, 5) is 1.31. The first-order chi connectivity index (χ1) is 11.4. The van der Waals surface area contributed by atoms with Crippen LogP contribution < -0.4 is 5.32 Å². The lowest BCUT2D eigenvalue weighted by Crippen LogP contribution is -2.35. The summed E-state index contributed by atoms with van der Waals surface area (Å²) >= 11 is 7.86. The first-order valence-corrected chi connectivity index (χ1v) is 9.91. The van der Waals surface area contributed by atoms with Gasteiger partial charge in [0.25, 0.3) is 0 Å². The Kier molecular flexibility index (Phi) is 4.14. The monoisotopic (exact) mass is 361 g/mol. The fourth-order valence-corrected chi connectivity index (χ4v) is 5.10. The molecule has 128 valence electrons. The van der Waals surface area contributed by atoms with Crippen molar-refractivity contribution in [3.8, 4) is 0 Å². The third-order valence-corrected chi connectivity index (χ3v) is 6.55. The molecule has 3 heterocycles. The minimum absolute atomic E-state index is 0.150. The van der Waals surface area contributed by atoms with Gasteiger partial charge in [-0.25, -0.2) is 0 Å². The van der Waals surface area contributed by atoms with Gasteiger partial charge >= 0.3 is 0 Å². The van der Waals surface area contributed by atoms with Gasteiger partial charge in [-0.3, -0.25) is 0 Å². The molecule has 2 aliphatic heterocycles. The smallest absolute Gasteiger partial charge is 0.0932 e. The van der Waals surface area contributed by atoms with Crippen molar-refractivity contribution in [2.75, 3.05) is 11.9 Å². The zero-order chi connectivity index (χ0) is 16.9. The number of benzene rings is 1. The van der Waals surface area contributed by atoms with Crippen LogP contribution in [0.3, 0.4) is 0 Å². The Morgan fingerprint density at radius 1 is 1.21 bits per heavy atom. The van der Waals surface area contributed by atoms with Crippen LogP contribution in [-0.4, -0.2) is 6.61 Å². The van der Waals surface area contributed by atoms with E-state index in [-0.39, 0.29) is 11.5 Å². The van der Waals surface area contributed by atoms with Crippen LogP contribution >= 0.6 is 22.9 Å². The van der Waals surface area contributed by atoms with Gasteiger partial charge in [-0.2, -0.15) is 0 Å². The molecule has 4 heteroatoms. The molecule has 24 heavy (non-hydrogen) atoms. The highest BCUT2D eigenvalue weighted by atomic mass is 35.5. The molecule has 1 saturated heterocycles. The van der Waals surface area contributed by atoms with Crippen molar-refractivity contribution in [2.24, 2.45) is 5.92 Å². The zero-order valence-corrected chi connectivity index (χ0v) is 16.0. The average molecular weight is 362 g/mol. The minimum Gasteiger partial charge on any atom is -0.377 e. The van der Waals surface area contributed by atoms with Crippen LogP contribution in [0.5, 0.6) is 0 Å². The number of hydrogen-bond acceptors (Lipinski definition) is 3. The Labute approximate surface area is 153 Å². The van der Waals surface area contributed by atoms with Crippen LogP contribution in [0.2, 0.25) is 4.34 Å². The number of anilines is 1. The molecule has 1 unspecified atom stereocenters. The molecule has 2 nitrogen and oxygen atoms in total. The van der Waals surface area contributed by atoms with Crippen molar-refractivity contribution >= 4 is 28.6 Å². The lowest BCUT2D eigenvalue weighted by molar-refractivity contribution is -0.0378. The third-order valence-electron chi connectivity index (χ3n) is 5.23. The fraction of sp³-hybridized carbons (Fsp3) is 0.500. The van der Waals surface area contributed by atoms with Gasteiger partial charge in [-0.05, 0) is 42.0 Å². The minimum atomic E-state index is 0.150. The maximum absolute atomic E-state index is 6.27. The van der Waals surface area contributed by atoms with Crippen molar-refractivity contribution in [1.82, 2.24) is 0 Å². The summed E-state index contributed by atoms with van der Waals surface area (Å²) in [6.45, 7) is 7.65. The molecule has 2 aromatic rings. The first-order valence-electron chi connectivity index (χ1n) is 8.71. The Balaban J connectivity index is 1.77. The highest BCUT2D eigenvalue weighted by Gasteiger charge is 2.40. The quantitative estimate of drug-likeness (QED) is 0.640. The number of halogens is 1. The predicted octanol–water partition coefficient (Wildman–Crippen LogP) is 6.33. The van der Waals surface area contributed by atoms with Crippen LogP contribution in [-0.2, 0) is 10.2 Å². The standard InChI is InChI=1S/C20H24ClNOS/c1-20(2,3)12-6-7-15-14(11-12)19-13(5-4-10-23-19)18(22-15)16-8-9-17(21)24-16/h6-9,11,13,18-19,22H,4-5,10H2,1-3H3/t13-,18?,19-/m0/s1. The van der Waals surface area contributed by atoms with E-state index in [0.717, 1.165) is 17.4 Å². The van der Waals surface area contributed by atoms with Crippen molar-refractivity contribution in [2.45, 2.75) is 51.2 Å². The molecule has 4 rings (SSSR count). The van der Waals surface area contributed by atoms with Gasteiger partial charge in [-0.15, -0.1) is 11.3 Å². The molecule has 1 fully saturated rings. The normalized spacial score (nSPS) is 26.4. The van der Waals surface area contributed by atoms with E-state index >= 15 is 0 Å². The van der Waals surface area contributed by atoms with Gasteiger partial charge in [-0.1, -0.05) is 44.5 Å². The van der Waals surface area contributed by atoms with Crippen LogP contribution in [0.4, 0.5) is 5.69 Å². The van der Waals surface area contributed by atoms with Crippen LogP contribution in [0.1, 0.15) is 61.8 Å². The molecule has 0 bridgehead atoms. The van der Waals surface area contributed by atoms with Gasteiger partial charge in [0.2, 0.25) is 0 Å².